The molecular formula is C17H20FNO. The van der Waals surface area contributed by atoms with Gasteiger partial charge in [-0.2, -0.15) is 0 Å². The highest BCUT2D eigenvalue weighted by Gasteiger charge is 2.30. The Morgan fingerprint density at radius 1 is 1.25 bits per heavy atom. The number of carbonyl (C=O) groups excluding carboxylic acids is 1. The van der Waals surface area contributed by atoms with Crippen molar-refractivity contribution in [2.45, 2.75) is 38.1 Å². The number of hydrogen-bond donors (Lipinski definition) is 0. The highest BCUT2D eigenvalue weighted by molar-refractivity contribution is 5.77. The topological polar surface area (TPSA) is 20.3 Å². The van der Waals surface area contributed by atoms with Gasteiger partial charge in [0.1, 0.15) is 5.82 Å². The molecule has 1 aliphatic heterocycles. The van der Waals surface area contributed by atoms with E-state index in [4.69, 9.17) is 0 Å². The minimum absolute atomic E-state index is 0.133. The van der Waals surface area contributed by atoms with E-state index in [2.05, 4.69) is 12.2 Å². The summed E-state index contributed by atoms with van der Waals surface area (Å²) in [4.78, 5) is 14.5. The second-order valence-electron chi connectivity index (χ2n) is 5.77. The van der Waals surface area contributed by atoms with E-state index in [1.807, 2.05) is 4.90 Å². The fraction of sp³-hybridized carbons (Fsp3) is 0.471. The molecule has 1 amide bonds. The maximum Gasteiger partial charge on any atom is 0.223 e. The number of hydrogen-bond acceptors (Lipinski definition) is 1. The molecule has 1 aromatic rings. The lowest BCUT2D eigenvalue weighted by molar-refractivity contribution is -0.132. The molecule has 3 heteroatoms. The minimum atomic E-state index is -0.222. The maximum absolute atomic E-state index is 13.0. The van der Waals surface area contributed by atoms with Gasteiger partial charge in [-0.15, -0.1) is 0 Å². The van der Waals surface area contributed by atoms with Gasteiger partial charge in [0.2, 0.25) is 5.91 Å². The summed E-state index contributed by atoms with van der Waals surface area (Å²) in [5.74, 6) is 0.436. The summed E-state index contributed by atoms with van der Waals surface area (Å²) in [6, 6.07) is 6.71. The van der Waals surface area contributed by atoms with E-state index in [9.17, 15) is 9.18 Å². The van der Waals surface area contributed by atoms with E-state index in [-0.39, 0.29) is 17.8 Å². The molecule has 1 saturated heterocycles. The Hall–Kier alpha value is -1.64. The Labute approximate surface area is 119 Å². The largest absolute Gasteiger partial charge is 0.336 e. The molecule has 0 spiro atoms. The summed E-state index contributed by atoms with van der Waals surface area (Å²) in [7, 11) is 0. The molecule has 2 aliphatic rings. The van der Waals surface area contributed by atoms with Crippen LogP contribution in [0.1, 0.15) is 43.7 Å². The van der Waals surface area contributed by atoms with Gasteiger partial charge in [-0.25, -0.2) is 4.39 Å². The van der Waals surface area contributed by atoms with Gasteiger partial charge in [0.05, 0.1) is 6.04 Å². The van der Waals surface area contributed by atoms with Gasteiger partial charge in [0, 0.05) is 13.0 Å². The summed E-state index contributed by atoms with van der Waals surface area (Å²) in [6.07, 6.45) is 9.17. The molecule has 0 saturated carbocycles. The molecule has 2 unspecified atom stereocenters. The van der Waals surface area contributed by atoms with Gasteiger partial charge < -0.3 is 4.90 Å². The Morgan fingerprint density at radius 2 is 2.05 bits per heavy atom. The van der Waals surface area contributed by atoms with E-state index < -0.39 is 0 Å². The lowest BCUT2D eigenvalue weighted by Crippen LogP contribution is -2.31. The lowest BCUT2D eigenvalue weighted by Gasteiger charge is -2.26. The van der Waals surface area contributed by atoms with Crippen molar-refractivity contribution in [1.82, 2.24) is 4.90 Å². The summed E-state index contributed by atoms with van der Waals surface area (Å²) in [6.45, 7) is 0.831. The number of halogens is 1. The average molecular weight is 273 g/mol. The van der Waals surface area contributed by atoms with Crippen LogP contribution >= 0.6 is 0 Å². The van der Waals surface area contributed by atoms with Crippen LogP contribution in [-0.2, 0) is 4.79 Å². The molecule has 0 radical (unpaired) electrons. The number of rotatable bonds is 3. The van der Waals surface area contributed by atoms with Crippen molar-refractivity contribution in [3.8, 4) is 0 Å². The molecule has 0 bridgehead atoms. The predicted molar refractivity (Wildman–Crippen MR) is 76.6 cm³/mol. The first-order valence-corrected chi connectivity index (χ1v) is 7.45. The number of likely N-dealkylation sites (tertiary alicyclic amines) is 1. The molecule has 2 atom stereocenters. The van der Waals surface area contributed by atoms with E-state index in [0.717, 1.165) is 37.8 Å². The zero-order valence-electron chi connectivity index (χ0n) is 11.6. The predicted octanol–water partition coefficient (Wildman–Crippen LogP) is 3.85. The molecule has 0 N–H and O–H groups in total. The van der Waals surface area contributed by atoms with Gasteiger partial charge in [-0.05, 0) is 49.3 Å². The molecule has 20 heavy (non-hydrogen) atoms. The lowest BCUT2D eigenvalue weighted by atomic mass is 10.0. The number of carbonyl (C=O) groups is 1. The van der Waals surface area contributed by atoms with Crippen molar-refractivity contribution in [2.24, 2.45) is 5.92 Å². The monoisotopic (exact) mass is 273 g/mol. The number of amides is 1. The fourth-order valence-electron chi connectivity index (χ4n) is 3.30. The molecule has 1 heterocycles. The number of allylic oxidation sites excluding steroid dienone is 2. The molecule has 2 nitrogen and oxygen atoms in total. The van der Waals surface area contributed by atoms with Crippen LogP contribution in [-0.4, -0.2) is 17.4 Å². The van der Waals surface area contributed by atoms with E-state index in [1.165, 1.54) is 12.1 Å². The Morgan fingerprint density at radius 3 is 2.75 bits per heavy atom. The van der Waals surface area contributed by atoms with Crippen LogP contribution in [0.15, 0.2) is 36.4 Å². The van der Waals surface area contributed by atoms with Crippen LogP contribution in [0.5, 0.6) is 0 Å². The first kappa shape index (κ1) is 13.3. The first-order chi connectivity index (χ1) is 9.74. The second-order valence-corrected chi connectivity index (χ2v) is 5.77. The zero-order valence-corrected chi connectivity index (χ0v) is 11.6. The fourth-order valence-corrected chi connectivity index (χ4v) is 3.30. The van der Waals surface area contributed by atoms with E-state index in [0.29, 0.717) is 12.3 Å². The van der Waals surface area contributed by atoms with Gasteiger partial charge in [-0.3, -0.25) is 4.79 Å². The van der Waals surface area contributed by atoms with Crippen LogP contribution in [0, 0.1) is 11.7 Å². The summed E-state index contributed by atoms with van der Waals surface area (Å²) >= 11 is 0. The van der Waals surface area contributed by atoms with Gasteiger partial charge >= 0.3 is 0 Å². The van der Waals surface area contributed by atoms with Crippen molar-refractivity contribution in [3.63, 3.8) is 0 Å². The van der Waals surface area contributed by atoms with Crippen molar-refractivity contribution in [3.05, 3.63) is 47.8 Å². The average Bonchev–Trinajstić information content (AvgIpc) is 3.10. The summed E-state index contributed by atoms with van der Waals surface area (Å²) in [5.41, 5.74) is 1.05. The van der Waals surface area contributed by atoms with Crippen LogP contribution in [0.25, 0.3) is 0 Å². The highest BCUT2D eigenvalue weighted by atomic mass is 19.1. The molecule has 1 aliphatic carbocycles. The van der Waals surface area contributed by atoms with Crippen molar-refractivity contribution in [1.29, 1.82) is 0 Å². The van der Waals surface area contributed by atoms with Gasteiger partial charge in [0.25, 0.3) is 0 Å². The first-order valence-electron chi connectivity index (χ1n) is 7.45. The molecule has 0 aromatic heterocycles. The standard InChI is InChI=1S/C17H20FNO/c18-15-9-7-14(8-10-15)16-6-3-11-19(16)17(20)12-13-4-1-2-5-13/h1,4,7-10,13,16H,2-3,5-6,11-12H2. The van der Waals surface area contributed by atoms with Gasteiger partial charge in [-0.1, -0.05) is 24.3 Å². The molecule has 3 rings (SSSR count). The summed E-state index contributed by atoms with van der Waals surface area (Å²) in [5, 5.41) is 0. The van der Waals surface area contributed by atoms with Crippen LogP contribution < -0.4 is 0 Å². The van der Waals surface area contributed by atoms with Gasteiger partial charge in [0.15, 0.2) is 0 Å². The smallest absolute Gasteiger partial charge is 0.223 e. The maximum atomic E-state index is 13.0. The third-order valence-corrected chi connectivity index (χ3v) is 4.38. The third-order valence-electron chi connectivity index (χ3n) is 4.38. The molecule has 106 valence electrons. The van der Waals surface area contributed by atoms with Crippen LogP contribution in [0.4, 0.5) is 4.39 Å². The zero-order chi connectivity index (χ0) is 13.9. The van der Waals surface area contributed by atoms with Crippen molar-refractivity contribution < 1.29 is 9.18 Å². The third kappa shape index (κ3) is 2.77. The highest BCUT2D eigenvalue weighted by Crippen LogP contribution is 2.33. The summed E-state index contributed by atoms with van der Waals surface area (Å²) < 4.78 is 13.0. The van der Waals surface area contributed by atoms with E-state index in [1.54, 1.807) is 12.1 Å². The Bertz CT molecular complexity index is 508. The molecular weight excluding hydrogens is 253 g/mol. The van der Waals surface area contributed by atoms with Crippen molar-refractivity contribution >= 4 is 5.91 Å². The molecule has 1 fully saturated rings. The minimum Gasteiger partial charge on any atom is -0.336 e. The Balaban J connectivity index is 1.69. The quantitative estimate of drug-likeness (QED) is 0.766. The number of nitrogens with zero attached hydrogens (tertiary/aromatic N) is 1. The Kier molecular flexibility index (Phi) is 3.86. The van der Waals surface area contributed by atoms with Crippen LogP contribution in [0.2, 0.25) is 0 Å². The second kappa shape index (κ2) is 5.78. The molecule has 1 aromatic carbocycles. The normalized spacial score (nSPS) is 25.4. The van der Waals surface area contributed by atoms with E-state index >= 15 is 0 Å². The van der Waals surface area contributed by atoms with Crippen molar-refractivity contribution in [2.75, 3.05) is 6.54 Å². The SMILES string of the molecule is O=C(CC1C=CCC1)N1CCCC1c1ccc(F)cc1. The van der Waals surface area contributed by atoms with Crippen LogP contribution in [0.3, 0.4) is 0 Å². The number of benzene rings is 1.